The SMILES string of the molecule is CC(CC(=O)O)CC(=O)c1cc2c(cc1Cl)NC(=O)CO2. The number of carboxylic acids is 1. The third-order valence-corrected chi connectivity index (χ3v) is 3.37. The van der Waals surface area contributed by atoms with Gasteiger partial charge < -0.3 is 15.2 Å². The number of ketones is 1. The van der Waals surface area contributed by atoms with Gasteiger partial charge in [0.2, 0.25) is 0 Å². The van der Waals surface area contributed by atoms with Crippen molar-refractivity contribution in [3.8, 4) is 5.75 Å². The fraction of sp³-hybridized carbons (Fsp3) is 0.357. The first-order chi connectivity index (χ1) is 9.86. The third-order valence-electron chi connectivity index (χ3n) is 3.06. The number of hydrogen-bond donors (Lipinski definition) is 2. The molecular formula is C14H14ClNO5. The predicted molar refractivity (Wildman–Crippen MR) is 75.9 cm³/mol. The van der Waals surface area contributed by atoms with E-state index >= 15 is 0 Å². The molecule has 0 radical (unpaired) electrons. The van der Waals surface area contributed by atoms with E-state index in [0.29, 0.717) is 11.4 Å². The molecule has 1 unspecified atom stereocenters. The van der Waals surface area contributed by atoms with Gasteiger partial charge in [0.15, 0.2) is 12.4 Å². The summed E-state index contributed by atoms with van der Waals surface area (Å²) in [4.78, 5) is 34.0. The highest BCUT2D eigenvalue weighted by Crippen LogP contribution is 2.34. The normalized spacial score (nSPS) is 14.7. The lowest BCUT2D eigenvalue weighted by molar-refractivity contribution is -0.137. The highest BCUT2D eigenvalue weighted by molar-refractivity contribution is 6.34. The van der Waals surface area contributed by atoms with Crippen LogP contribution >= 0.6 is 11.6 Å². The van der Waals surface area contributed by atoms with Gasteiger partial charge in [-0.1, -0.05) is 18.5 Å². The van der Waals surface area contributed by atoms with Crippen molar-refractivity contribution < 1.29 is 24.2 Å². The number of aliphatic carboxylic acids is 1. The molecule has 1 aliphatic heterocycles. The van der Waals surface area contributed by atoms with Crippen molar-refractivity contribution in [1.82, 2.24) is 0 Å². The average molecular weight is 312 g/mol. The Balaban J connectivity index is 2.18. The molecule has 0 spiro atoms. The standard InChI is InChI=1S/C14H14ClNO5/c1-7(3-14(19)20)2-11(17)8-4-12-10(5-9(8)15)16-13(18)6-21-12/h4-5,7H,2-3,6H2,1H3,(H,16,18)(H,19,20). The molecule has 112 valence electrons. The Hall–Kier alpha value is -2.08. The molecule has 1 aromatic carbocycles. The molecule has 0 saturated heterocycles. The minimum Gasteiger partial charge on any atom is -0.482 e. The van der Waals surface area contributed by atoms with Gasteiger partial charge in [-0.15, -0.1) is 0 Å². The Morgan fingerprint density at radius 2 is 2.14 bits per heavy atom. The van der Waals surface area contributed by atoms with Crippen LogP contribution < -0.4 is 10.1 Å². The number of carbonyl (C=O) groups excluding carboxylic acids is 2. The van der Waals surface area contributed by atoms with Crippen LogP contribution in [0.4, 0.5) is 5.69 Å². The third kappa shape index (κ3) is 3.72. The Labute approximate surface area is 126 Å². The molecule has 7 heteroatoms. The summed E-state index contributed by atoms with van der Waals surface area (Å²) in [7, 11) is 0. The van der Waals surface area contributed by atoms with Crippen LogP contribution in [0.15, 0.2) is 12.1 Å². The molecular weight excluding hydrogens is 298 g/mol. The molecule has 0 saturated carbocycles. The van der Waals surface area contributed by atoms with Crippen LogP contribution in [-0.4, -0.2) is 29.4 Å². The van der Waals surface area contributed by atoms with Crippen LogP contribution in [0.3, 0.4) is 0 Å². The molecule has 1 aromatic rings. The summed E-state index contributed by atoms with van der Waals surface area (Å²) in [6.07, 6.45) is -0.00196. The fourth-order valence-electron chi connectivity index (χ4n) is 2.11. The van der Waals surface area contributed by atoms with Gasteiger partial charge in [0, 0.05) is 18.4 Å². The van der Waals surface area contributed by atoms with E-state index in [1.807, 2.05) is 0 Å². The first-order valence-corrected chi connectivity index (χ1v) is 6.75. The Kier molecular flexibility index (Phi) is 4.47. The lowest BCUT2D eigenvalue weighted by Gasteiger charge is -2.19. The molecule has 0 aromatic heterocycles. The number of halogens is 1. The maximum absolute atomic E-state index is 12.2. The van der Waals surface area contributed by atoms with Crippen molar-refractivity contribution in [3.63, 3.8) is 0 Å². The van der Waals surface area contributed by atoms with Gasteiger partial charge >= 0.3 is 5.97 Å². The number of amides is 1. The molecule has 2 rings (SSSR count). The lowest BCUT2D eigenvalue weighted by Crippen LogP contribution is -2.25. The van der Waals surface area contributed by atoms with Crippen molar-refractivity contribution in [2.24, 2.45) is 5.92 Å². The highest BCUT2D eigenvalue weighted by Gasteiger charge is 2.22. The minimum atomic E-state index is -0.946. The van der Waals surface area contributed by atoms with E-state index in [9.17, 15) is 14.4 Å². The second-order valence-electron chi connectivity index (χ2n) is 5.00. The number of anilines is 1. The molecule has 1 heterocycles. The smallest absolute Gasteiger partial charge is 0.303 e. The minimum absolute atomic E-state index is 0.0805. The van der Waals surface area contributed by atoms with Crippen molar-refractivity contribution in [3.05, 3.63) is 22.7 Å². The first kappa shape index (κ1) is 15.3. The van der Waals surface area contributed by atoms with Crippen molar-refractivity contribution in [2.75, 3.05) is 11.9 Å². The molecule has 21 heavy (non-hydrogen) atoms. The fourth-order valence-corrected chi connectivity index (χ4v) is 2.38. The summed E-state index contributed by atoms with van der Waals surface area (Å²) in [5.74, 6) is -1.39. The molecule has 0 bridgehead atoms. The molecule has 0 aliphatic carbocycles. The van der Waals surface area contributed by atoms with Gasteiger partial charge in [-0.05, 0) is 18.1 Å². The molecule has 1 atom stereocenters. The van der Waals surface area contributed by atoms with Gasteiger partial charge in [-0.25, -0.2) is 0 Å². The Morgan fingerprint density at radius 1 is 1.43 bits per heavy atom. The van der Waals surface area contributed by atoms with Crippen molar-refractivity contribution in [2.45, 2.75) is 19.8 Å². The number of carbonyl (C=O) groups is 3. The maximum atomic E-state index is 12.2. The maximum Gasteiger partial charge on any atom is 0.303 e. The zero-order chi connectivity index (χ0) is 15.6. The zero-order valence-electron chi connectivity index (χ0n) is 11.3. The van der Waals surface area contributed by atoms with E-state index in [0.717, 1.165) is 0 Å². The van der Waals surface area contributed by atoms with Gasteiger partial charge in [0.25, 0.3) is 5.91 Å². The van der Waals surface area contributed by atoms with Crippen LogP contribution in [0.2, 0.25) is 5.02 Å². The summed E-state index contributed by atoms with van der Waals surface area (Å²) >= 11 is 6.05. The molecule has 1 amide bonds. The monoisotopic (exact) mass is 311 g/mol. The molecule has 2 N–H and O–H groups in total. The van der Waals surface area contributed by atoms with Gasteiger partial charge in [0.05, 0.1) is 10.7 Å². The Morgan fingerprint density at radius 3 is 2.81 bits per heavy atom. The summed E-state index contributed by atoms with van der Waals surface area (Å²) in [5, 5.41) is 11.5. The van der Waals surface area contributed by atoms with Gasteiger partial charge in [-0.2, -0.15) is 0 Å². The molecule has 6 nitrogen and oxygen atoms in total. The predicted octanol–water partition coefficient (Wildman–Crippen LogP) is 2.35. The number of nitrogens with one attached hydrogen (secondary N) is 1. The summed E-state index contributed by atoms with van der Waals surface area (Å²) in [6.45, 7) is 1.58. The lowest BCUT2D eigenvalue weighted by atomic mass is 9.96. The van der Waals surface area contributed by atoms with Crippen LogP contribution in [-0.2, 0) is 9.59 Å². The van der Waals surface area contributed by atoms with Gasteiger partial charge in [0.1, 0.15) is 5.75 Å². The number of benzene rings is 1. The number of ether oxygens (including phenoxy) is 1. The van der Waals surface area contributed by atoms with E-state index in [4.69, 9.17) is 21.4 Å². The number of fused-ring (bicyclic) bond motifs is 1. The van der Waals surface area contributed by atoms with E-state index in [1.54, 1.807) is 6.92 Å². The van der Waals surface area contributed by atoms with Crippen molar-refractivity contribution >= 4 is 34.9 Å². The van der Waals surface area contributed by atoms with E-state index in [2.05, 4.69) is 5.32 Å². The van der Waals surface area contributed by atoms with Crippen LogP contribution in [0.25, 0.3) is 0 Å². The quantitative estimate of drug-likeness (QED) is 0.814. The van der Waals surface area contributed by atoms with Gasteiger partial charge in [-0.3, -0.25) is 14.4 Å². The largest absolute Gasteiger partial charge is 0.482 e. The summed E-state index contributed by atoms with van der Waals surface area (Å²) < 4.78 is 5.23. The second-order valence-corrected chi connectivity index (χ2v) is 5.40. The van der Waals surface area contributed by atoms with Crippen LogP contribution in [0.5, 0.6) is 5.75 Å². The number of hydrogen-bond acceptors (Lipinski definition) is 4. The van der Waals surface area contributed by atoms with Crippen LogP contribution in [0.1, 0.15) is 30.1 Å². The van der Waals surface area contributed by atoms with Crippen molar-refractivity contribution in [1.29, 1.82) is 0 Å². The zero-order valence-corrected chi connectivity index (χ0v) is 12.1. The first-order valence-electron chi connectivity index (χ1n) is 6.38. The van der Waals surface area contributed by atoms with Crippen LogP contribution in [0, 0.1) is 5.92 Å². The Bertz CT molecular complexity index is 614. The topological polar surface area (TPSA) is 92.7 Å². The molecule has 0 fully saturated rings. The number of rotatable bonds is 5. The van der Waals surface area contributed by atoms with E-state index in [-0.39, 0.29) is 47.6 Å². The number of Topliss-reactive ketones (excluding diaryl/α,β-unsaturated/α-hetero) is 1. The van der Waals surface area contributed by atoms with E-state index in [1.165, 1.54) is 12.1 Å². The second kappa shape index (κ2) is 6.13. The number of carboxylic acid groups (broad SMARTS) is 1. The summed E-state index contributed by atoms with van der Waals surface area (Å²) in [5.41, 5.74) is 0.690. The molecule has 1 aliphatic rings. The van der Waals surface area contributed by atoms with E-state index < -0.39 is 5.97 Å². The average Bonchev–Trinajstić information content (AvgIpc) is 2.36. The highest BCUT2D eigenvalue weighted by atomic mass is 35.5. The summed E-state index contributed by atoms with van der Waals surface area (Å²) in [6, 6.07) is 2.94.